The summed E-state index contributed by atoms with van der Waals surface area (Å²) in [6.07, 6.45) is 0.334. The second kappa shape index (κ2) is 7.58. The minimum absolute atomic E-state index is 0.0137. The molecule has 1 aliphatic rings. The van der Waals surface area contributed by atoms with Gasteiger partial charge in [-0.25, -0.2) is 0 Å². The molecule has 1 atom stereocenters. The normalized spacial score (nSPS) is 16.3. The molecule has 1 amide bonds. The third-order valence-electron chi connectivity index (χ3n) is 5.36. The molecule has 2 heterocycles. The summed E-state index contributed by atoms with van der Waals surface area (Å²) in [5.41, 5.74) is 4.01. The highest BCUT2D eigenvalue weighted by Crippen LogP contribution is 2.36. The van der Waals surface area contributed by atoms with E-state index in [2.05, 4.69) is 17.1 Å². The molecule has 1 fully saturated rings. The third-order valence-corrected chi connectivity index (χ3v) is 5.36. The van der Waals surface area contributed by atoms with Gasteiger partial charge < -0.3 is 18.9 Å². The number of rotatable bonds is 5. The minimum Gasteiger partial charge on any atom is -0.493 e. The summed E-state index contributed by atoms with van der Waals surface area (Å²) in [6, 6.07) is 11.5. The predicted octanol–water partition coefficient (Wildman–Crippen LogP) is 3.89. The highest BCUT2D eigenvalue weighted by Gasteiger charge is 2.35. The summed E-state index contributed by atoms with van der Waals surface area (Å²) >= 11 is 0. The number of hydrogen-bond acceptors (Lipinski definition) is 6. The molecule has 1 saturated heterocycles. The summed E-state index contributed by atoms with van der Waals surface area (Å²) in [4.78, 5) is 18.9. The Hall–Kier alpha value is -3.35. The zero-order chi connectivity index (χ0) is 20.5. The van der Waals surface area contributed by atoms with Crippen molar-refractivity contribution in [1.29, 1.82) is 0 Å². The van der Waals surface area contributed by atoms with Crippen LogP contribution in [-0.2, 0) is 4.79 Å². The zero-order valence-electron chi connectivity index (χ0n) is 16.9. The number of aryl methyl sites for hydroxylation is 2. The van der Waals surface area contributed by atoms with Crippen LogP contribution in [0.5, 0.6) is 11.5 Å². The first-order valence-corrected chi connectivity index (χ1v) is 9.43. The van der Waals surface area contributed by atoms with Gasteiger partial charge in [0.25, 0.3) is 5.89 Å². The molecule has 0 radical (unpaired) electrons. The Bertz CT molecular complexity index is 1060. The largest absolute Gasteiger partial charge is 0.493 e. The van der Waals surface area contributed by atoms with Crippen molar-refractivity contribution in [1.82, 2.24) is 10.1 Å². The number of methoxy groups -OCH3 is 2. The minimum atomic E-state index is -0.125. The molecule has 29 heavy (non-hydrogen) atoms. The van der Waals surface area contributed by atoms with Crippen molar-refractivity contribution in [3.63, 3.8) is 0 Å². The van der Waals surface area contributed by atoms with Gasteiger partial charge in [0.1, 0.15) is 0 Å². The summed E-state index contributed by atoms with van der Waals surface area (Å²) in [6.45, 7) is 4.60. The maximum atomic E-state index is 12.6. The second-order valence-electron chi connectivity index (χ2n) is 7.20. The van der Waals surface area contributed by atoms with Crippen molar-refractivity contribution >= 4 is 11.6 Å². The molecule has 0 N–H and O–H groups in total. The number of ether oxygens (including phenoxy) is 2. The maximum absolute atomic E-state index is 12.6. The fraction of sp³-hybridized carbons (Fsp3) is 0.318. The van der Waals surface area contributed by atoms with E-state index in [4.69, 9.17) is 14.0 Å². The van der Waals surface area contributed by atoms with Gasteiger partial charge in [-0.15, -0.1) is 0 Å². The van der Waals surface area contributed by atoms with E-state index in [0.717, 1.165) is 16.8 Å². The Balaban J connectivity index is 1.55. The Kier molecular flexibility index (Phi) is 4.96. The SMILES string of the molecule is COc1ccc(N2CC(c3noc(-c4ccc(C)c(C)c4)n3)CC2=O)cc1OC. The van der Waals surface area contributed by atoms with Crippen LogP contribution in [0, 0.1) is 13.8 Å². The number of aromatic nitrogens is 2. The molecule has 0 spiro atoms. The van der Waals surface area contributed by atoms with Crippen molar-refractivity contribution in [3.05, 3.63) is 53.3 Å². The van der Waals surface area contributed by atoms with Crippen molar-refractivity contribution < 1.29 is 18.8 Å². The van der Waals surface area contributed by atoms with Gasteiger partial charge in [0.2, 0.25) is 5.91 Å². The lowest BCUT2D eigenvalue weighted by Gasteiger charge is -2.18. The van der Waals surface area contributed by atoms with Crippen LogP contribution in [0.15, 0.2) is 40.9 Å². The van der Waals surface area contributed by atoms with E-state index in [1.165, 1.54) is 5.56 Å². The van der Waals surface area contributed by atoms with Gasteiger partial charge >= 0.3 is 0 Å². The molecule has 4 rings (SSSR count). The molecule has 7 nitrogen and oxygen atoms in total. The highest BCUT2D eigenvalue weighted by molar-refractivity contribution is 5.96. The molecule has 0 saturated carbocycles. The number of amides is 1. The summed E-state index contributed by atoms with van der Waals surface area (Å²) in [7, 11) is 3.15. The Labute approximate surface area is 169 Å². The fourth-order valence-electron chi connectivity index (χ4n) is 3.52. The van der Waals surface area contributed by atoms with E-state index in [1.54, 1.807) is 31.3 Å². The van der Waals surface area contributed by atoms with Crippen molar-refractivity contribution in [2.75, 3.05) is 25.7 Å². The lowest BCUT2D eigenvalue weighted by molar-refractivity contribution is -0.117. The van der Waals surface area contributed by atoms with Gasteiger partial charge in [0, 0.05) is 36.2 Å². The average Bonchev–Trinajstić information content (AvgIpc) is 3.36. The fourth-order valence-corrected chi connectivity index (χ4v) is 3.52. The zero-order valence-corrected chi connectivity index (χ0v) is 16.9. The van der Waals surface area contributed by atoms with Crippen LogP contribution in [0.3, 0.4) is 0 Å². The first-order valence-electron chi connectivity index (χ1n) is 9.43. The van der Waals surface area contributed by atoms with Crippen LogP contribution in [0.2, 0.25) is 0 Å². The van der Waals surface area contributed by atoms with Gasteiger partial charge in [-0.3, -0.25) is 4.79 Å². The molecular weight excluding hydrogens is 370 g/mol. The second-order valence-corrected chi connectivity index (χ2v) is 7.20. The number of hydrogen-bond donors (Lipinski definition) is 0. The molecule has 2 aromatic carbocycles. The van der Waals surface area contributed by atoms with Gasteiger partial charge in [-0.05, 0) is 49.2 Å². The average molecular weight is 393 g/mol. The lowest BCUT2D eigenvalue weighted by Crippen LogP contribution is -2.24. The van der Waals surface area contributed by atoms with Crippen molar-refractivity contribution in [3.8, 4) is 23.0 Å². The molecule has 0 aliphatic carbocycles. The van der Waals surface area contributed by atoms with Gasteiger partial charge in [0.15, 0.2) is 17.3 Å². The van der Waals surface area contributed by atoms with Gasteiger partial charge in [-0.1, -0.05) is 11.2 Å². The number of anilines is 1. The van der Waals surface area contributed by atoms with Crippen LogP contribution in [0.1, 0.15) is 29.3 Å². The summed E-state index contributed by atoms with van der Waals surface area (Å²) in [5, 5.41) is 4.14. The van der Waals surface area contributed by atoms with E-state index >= 15 is 0 Å². The molecular formula is C22H23N3O4. The van der Waals surface area contributed by atoms with E-state index in [0.29, 0.717) is 36.2 Å². The summed E-state index contributed by atoms with van der Waals surface area (Å²) < 4.78 is 16.1. The van der Waals surface area contributed by atoms with Crippen LogP contribution in [0.4, 0.5) is 5.69 Å². The monoisotopic (exact) mass is 393 g/mol. The van der Waals surface area contributed by atoms with Gasteiger partial charge in [-0.2, -0.15) is 4.98 Å². The number of carbonyl (C=O) groups is 1. The molecule has 3 aromatic rings. The molecule has 1 aliphatic heterocycles. The number of carbonyl (C=O) groups excluding carboxylic acids is 1. The van der Waals surface area contributed by atoms with E-state index in [9.17, 15) is 4.79 Å². The third kappa shape index (κ3) is 3.55. The molecule has 1 aromatic heterocycles. The van der Waals surface area contributed by atoms with Gasteiger partial charge in [0.05, 0.1) is 14.2 Å². The number of nitrogens with zero attached hydrogens (tertiary/aromatic N) is 3. The molecule has 1 unspecified atom stereocenters. The smallest absolute Gasteiger partial charge is 0.257 e. The van der Waals surface area contributed by atoms with Crippen LogP contribution >= 0.6 is 0 Å². The lowest BCUT2D eigenvalue weighted by atomic mass is 10.1. The Morgan fingerprint density at radius 2 is 1.83 bits per heavy atom. The van der Waals surface area contributed by atoms with E-state index in [1.807, 2.05) is 31.2 Å². The standard InChI is InChI=1S/C22H23N3O4/c1-13-5-6-15(9-14(13)2)22-23-21(24-29-22)16-10-20(26)25(12-16)17-7-8-18(27-3)19(11-17)28-4/h5-9,11,16H,10,12H2,1-4H3. The van der Waals surface area contributed by atoms with Crippen molar-refractivity contribution in [2.24, 2.45) is 0 Å². The quantitative estimate of drug-likeness (QED) is 0.654. The predicted molar refractivity (Wildman–Crippen MR) is 108 cm³/mol. The first-order chi connectivity index (χ1) is 14.0. The first kappa shape index (κ1) is 19.0. The highest BCUT2D eigenvalue weighted by atomic mass is 16.5. The number of benzene rings is 2. The molecule has 150 valence electrons. The van der Waals surface area contributed by atoms with Crippen LogP contribution in [0.25, 0.3) is 11.5 Å². The molecule has 7 heteroatoms. The molecule has 0 bridgehead atoms. The van der Waals surface area contributed by atoms with Crippen LogP contribution < -0.4 is 14.4 Å². The topological polar surface area (TPSA) is 77.7 Å². The summed E-state index contributed by atoms with van der Waals surface area (Å²) in [5.74, 6) is 2.11. The van der Waals surface area contributed by atoms with Crippen LogP contribution in [-0.4, -0.2) is 36.8 Å². The van der Waals surface area contributed by atoms with E-state index in [-0.39, 0.29) is 11.8 Å². The van der Waals surface area contributed by atoms with Crippen molar-refractivity contribution in [2.45, 2.75) is 26.2 Å². The van der Waals surface area contributed by atoms with E-state index < -0.39 is 0 Å². The Morgan fingerprint density at radius 1 is 1.03 bits per heavy atom. The Morgan fingerprint density at radius 3 is 2.55 bits per heavy atom. The maximum Gasteiger partial charge on any atom is 0.257 e.